The van der Waals surface area contributed by atoms with E-state index in [0.29, 0.717) is 11.7 Å². The summed E-state index contributed by atoms with van der Waals surface area (Å²) in [7, 11) is 0. The Labute approximate surface area is 71.1 Å². The van der Waals surface area contributed by atoms with Gasteiger partial charge in [0, 0.05) is 12.5 Å². The van der Waals surface area contributed by atoms with Gasteiger partial charge in [-0.2, -0.15) is 0 Å². The molecule has 0 saturated carbocycles. The van der Waals surface area contributed by atoms with E-state index in [1.807, 2.05) is 0 Å². The fourth-order valence-electron chi connectivity index (χ4n) is 1.58. The van der Waals surface area contributed by atoms with Gasteiger partial charge in [0.05, 0.1) is 11.9 Å². The zero-order chi connectivity index (χ0) is 8.39. The van der Waals surface area contributed by atoms with Crippen LogP contribution in [0.2, 0.25) is 0 Å². The first-order chi connectivity index (χ1) is 5.86. The van der Waals surface area contributed by atoms with Crippen LogP contribution in [0.5, 0.6) is 0 Å². The number of nitrogens with zero attached hydrogens (tertiary/aromatic N) is 1. The summed E-state index contributed by atoms with van der Waals surface area (Å²) in [4.78, 5) is 0. The third-order valence-corrected chi connectivity index (χ3v) is 2.27. The summed E-state index contributed by atoms with van der Waals surface area (Å²) >= 11 is 0. The molecule has 1 aliphatic heterocycles. The molecule has 1 fully saturated rings. The molecule has 4 nitrogen and oxygen atoms in total. The minimum atomic E-state index is 0.528. The van der Waals surface area contributed by atoms with Crippen LogP contribution in [0, 0.1) is 0 Å². The molecule has 66 valence electrons. The molecular formula is C8H13N3O. The van der Waals surface area contributed by atoms with Crippen LogP contribution in [-0.4, -0.2) is 17.7 Å². The highest BCUT2D eigenvalue weighted by Gasteiger charge is 2.17. The molecule has 0 amide bonds. The molecule has 2 heterocycles. The van der Waals surface area contributed by atoms with E-state index in [-0.39, 0.29) is 0 Å². The van der Waals surface area contributed by atoms with Crippen LogP contribution < -0.4 is 11.1 Å². The molecule has 1 atom stereocenters. The van der Waals surface area contributed by atoms with Gasteiger partial charge in [0.1, 0.15) is 0 Å². The molecule has 1 saturated heterocycles. The summed E-state index contributed by atoms with van der Waals surface area (Å²) in [6.45, 7) is 1.11. The van der Waals surface area contributed by atoms with Gasteiger partial charge in [-0.05, 0) is 19.4 Å². The van der Waals surface area contributed by atoms with Crippen molar-refractivity contribution in [3.63, 3.8) is 0 Å². The minimum Gasteiger partial charge on any atom is -0.395 e. The minimum absolute atomic E-state index is 0.528. The number of rotatable bonds is 2. The first-order valence-electron chi connectivity index (χ1n) is 4.28. The van der Waals surface area contributed by atoms with Crippen molar-refractivity contribution in [1.29, 1.82) is 0 Å². The molecule has 3 N–H and O–H groups in total. The van der Waals surface area contributed by atoms with E-state index in [2.05, 4.69) is 10.5 Å². The maximum atomic E-state index is 5.63. The zero-order valence-corrected chi connectivity index (χ0v) is 6.92. The molecule has 1 unspecified atom stereocenters. The van der Waals surface area contributed by atoms with E-state index in [0.717, 1.165) is 18.7 Å². The summed E-state index contributed by atoms with van der Waals surface area (Å²) in [5.41, 5.74) is 6.30. The Bertz CT molecular complexity index is 253. The van der Waals surface area contributed by atoms with Crippen LogP contribution in [0.1, 0.15) is 18.6 Å². The first kappa shape index (κ1) is 7.61. The van der Waals surface area contributed by atoms with Gasteiger partial charge < -0.3 is 15.6 Å². The van der Waals surface area contributed by atoms with Gasteiger partial charge in [0.25, 0.3) is 0 Å². The van der Waals surface area contributed by atoms with Gasteiger partial charge in [0.2, 0.25) is 0 Å². The fourth-order valence-corrected chi connectivity index (χ4v) is 1.58. The highest BCUT2D eigenvalue weighted by atomic mass is 16.5. The number of nitrogens with one attached hydrogen (secondary N) is 1. The van der Waals surface area contributed by atoms with Crippen molar-refractivity contribution >= 4 is 5.69 Å². The Morgan fingerprint density at radius 2 is 2.67 bits per heavy atom. The molecule has 0 aliphatic carbocycles. The first-order valence-corrected chi connectivity index (χ1v) is 4.28. The van der Waals surface area contributed by atoms with Crippen molar-refractivity contribution in [2.24, 2.45) is 0 Å². The number of aromatic nitrogens is 1. The van der Waals surface area contributed by atoms with Crippen molar-refractivity contribution in [1.82, 2.24) is 10.5 Å². The zero-order valence-electron chi connectivity index (χ0n) is 6.92. The summed E-state index contributed by atoms with van der Waals surface area (Å²) in [5.74, 6) is 0.814. The third kappa shape index (κ3) is 1.43. The number of anilines is 1. The van der Waals surface area contributed by atoms with Crippen molar-refractivity contribution < 1.29 is 4.52 Å². The number of nitrogen functional groups attached to an aromatic ring is 1. The Balaban J connectivity index is 1.98. The second-order valence-corrected chi connectivity index (χ2v) is 3.20. The number of hydrogen-bond donors (Lipinski definition) is 2. The van der Waals surface area contributed by atoms with Crippen molar-refractivity contribution in [2.45, 2.75) is 25.3 Å². The molecule has 12 heavy (non-hydrogen) atoms. The summed E-state index contributed by atoms with van der Waals surface area (Å²) in [6.07, 6.45) is 4.88. The van der Waals surface area contributed by atoms with Gasteiger partial charge in [0.15, 0.2) is 5.76 Å². The van der Waals surface area contributed by atoms with Crippen LogP contribution in [-0.2, 0) is 6.42 Å². The molecule has 0 aromatic carbocycles. The molecule has 0 radical (unpaired) electrons. The Morgan fingerprint density at radius 1 is 1.75 bits per heavy atom. The molecule has 0 bridgehead atoms. The maximum Gasteiger partial charge on any atom is 0.161 e. The van der Waals surface area contributed by atoms with Gasteiger partial charge in [-0.15, -0.1) is 0 Å². The number of hydrogen-bond acceptors (Lipinski definition) is 4. The van der Waals surface area contributed by atoms with E-state index >= 15 is 0 Å². The Morgan fingerprint density at radius 3 is 3.25 bits per heavy atom. The lowest BCUT2D eigenvalue weighted by molar-refractivity contribution is 0.370. The second-order valence-electron chi connectivity index (χ2n) is 3.20. The highest BCUT2D eigenvalue weighted by molar-refractivity contribution is 5.38. The van der Waals surface area contributed by atoms with E-state index in [4.69, 9.17) is 10.3 Å². The molecule has 1 aromatic rings. The predicted molar refractivity (Wildman–Crippen MR) is 45.6 cm³/mol. The molecule has 2 rings (SSSR count). The van der Waals surface area contributed by atoms with Gasteiger partial charge in [-0.25, -0.2) is 0 Å². The van der Waals surface area contributed by atoms with Crippen molar-refractivity contribution in [3.05, 3.63) is 12.0 Å². The van der Waals surface area contributed by atoms with Crippen molar-refractivity contribution in [3.8, 4) is 0 Å². The Kier molecular flexibility index (Phi) is 1.99. The molecule has 0 spiro atoms. The van der Waals surface area contributed by atoms with E-state index in [1.165, 1.54) is 12.8 Å². The van der Waals surface area contributed by atoms with E-state index < -0.39 is 0 Å². The van der Waals surface area contributed by atoms with Crippen LogP contribution >= 0.6 is 0 Å². The predicted octanol–water partition coefficient (Wildman–Crippen LogP) is 0.551. The van der Waals surface area contributed by atoms with Gasteiger partial charge in [-0.1, -0.05) is 5.16 Å². The topological polar surface area (TPSA) is 64.1 Å². The second kappa shape index (κ2) is 3.15. The third-order valence-electron chi connectivity index (χ3n) is 2.27. The fraction of sp³-hybridized carbons (Fsp3) is 0.625. The van der Waals surface area contributed by atoms with E-state index in [1.54, 1.807) is 6.20 Å². The van der Waals surface area contributed by atoms with Crippen molar-refractivity contribution in [2.75, 3.05) is 12.3 Å². The lowest BCUT2D eigenvalue weighted by atomic mass is 10.1. The average molecular weight is 167 g/mol. The van der Waals surface area contributed by atoms with Gasteiger partial charge >= 0.3 is 0 Å². The molecule has 1 aromatic heterocycles. The Hall–Kier alpha value is -1.03. The lowest BCUT2D eigenvalue weighted by Crippen LogP contribution is -2.23. The standard InChI is InChI=1S/C8H13N3O/c9-7-5-11-12-8(7)4-6-2-1-3-10-6/h5-6,10H,1-4,9H2. The van der Waals surface area contributed by atoms with Crippen LogP contribution in [0.4, 0.5) is 5.69 Å². The van der Waals surface area contributed by atoms with Crippen LogP contribution in [0.3, 0.4) is 0 Å². The molecular weight excluding hydrogens is 154 g/mol. The van der Waals surface area contributed by atoms with Gasteiger partial charge in [-0.3, -0.25) is 0 Å². The van der Waals surface area contributed by atoms with Crippen LogP contribution in [0.25, 0.3) is 0 Å². The SMILES string of the molecule is Nc1cnoc1CC1CCCN1. The number of nitrogens with two attached hydrogens (primary N) is 1. The summed E-state index contributed by atoms with van der Waals surface area (Å²) < 4.78 is 5.01. The van der Waals surface area contributed by atoms with E-state index in [9.17, 15) is 0 Å². The lowest BCUT2D eigenvalue weighted by Gasteiger charge is -2.06. The summed E-state index contributed by atoms with van der Waals surface area (Å²) in [6, 6.07) is 0.528. The quantitative estimate of drug-likeness (QED) is 0.675. The highest BCUT2D eigenvalue weighted by Crippen LogP contribution is 2.16. The average Bonchev–Trinajstić information content (AvgIpc) is 2.65. The molecule has 4 heteroatoms. The monoisotopic (exact) mass is 167 g/mol. The summed E-state index contributed by atoms with van der Waals surface area (Å²) in [5, 5.41) is 7.01. The van der Waals surface area contributed by atoms with Crippen LogP contribution in [0.15, 0.2) is 10.7 Å². The maximum absolute atomic E-state index is 5.63. The normalized spacial score (nSPS) is 23.2. The molecule has 1 aliphatic rings. The smallest absolute Gasteiger partial charge is 0.161 e. The largest absolute Gasteiger partial charge is 0.395 e.